The van der Waals surface area contributed by atoms with Gasteiger partial charge in [0, 0.05) is 23.7 Å². The van der Waals surface area contributed by atoms with Gasteiger partial charge in [-0.25, -0.2) is 14.8 Å². The number of aromatic nitrogens is 2. The van der Waals surface area contributed by atoms with Gasteiger partial charge in [0.15, 0.2) is 0 Å². The molecule has 4 amide bonds. The lowest BCUT2D eigenvalue weighted by Crippen LogP contribution is -2.43. The van der Waals surface area contributed by atoms with E-state index in [1.165, 1.54) is 11.3 Å². The Morgan fingerprint density at radius 2 is 1.95 bits per heavy atom. The van der Waals surface area contributed by atoms with E-state index in [9.17, 15) is 14.4 Å². The number of hydrogen-bond donors (Lipinski definition) is 2. The maximum Gasteiger partial charge on any atom is 0.331 e. The van der Waals surface area contributed by atoms with E-state index in [-0.39, 0.29) is 18.0 Å². The van der Waals surface area contributed by atoms with Gasteiger partial charge in [-0.2, -0.15) is 0 Å². The third-order valence-corrected chi connectivity index (χ3v) is 7.93. The van der Waals surface area contributed by atoms with Crippen LogP contribution in [0.4, 0.5) is 21.9 Å². The molecule has 2 aliphatic rings. The fraction of sp³-hybridized carbons (Fsp3) is 0.172. The van der Waals surface area contributed by atoms with Crippen molar-refractivity contribution in [1.82, 2.24) is 15.3 Å². The maximum absolute atomic E-state index is 13.5. The second kappa shape index (κ2) is 10.2. The van der Waals surface area contributed by atoms with Crippen LogP contribution >= 0.6 is 11.3 Å². The van der Waals surface area contributed by atoms with Crippen molar-refractivity contribution in [1.29, 1.82) is 0 Å². The maximum atomic E-state index is 13.5. The number of carbonyl (C=O) groups excluding carboxylic acids is 3. The van der Waals surface area contributed by atoms with Crippen molar-refractivity contribution < 1.29 is 14.4 Å². The summed E-state index contributed by atoms with van der Waals surface area (Å²) < 4.78 is 0. The van der Waals surface area contributed by atoms with E-state index < -0.39 is 5.91 Å². The topological polar surface area (TPSA) is 117 Å². The lowest BCUT2D eigenvalue weighted by atomic mass is 9.93. The van der Waals surface area contributed by atoms with Gasteiger partial charge in [0.25, 0.3) is 11.8 Å². The van der Waals surface area contributed by atoms with Gasteiger partial charge in [0.2, 0.25) is 0 Å². The molecule has 1 aromatic carbocycles. The number of rotatable bonds is 5. The number of nitrogens with zero attached hydrogens (tertiary/aromatic N) is 4. The number of benzene rings is 1. The van der Waals surface area contributed by atoms with Gasteiger partial charge >= 0.3 is 6.03 Å². The standard InChI is InChI=1S/C29H24N6O3S/c1-2-23(36)32-19-10-6-7-11-20(19)33-27(37)26-25-24-22(13-15-31-28(24)39-26)35(29(38)34-25)18-12-14-30-21(16-18)17-8-4-3-5-9-17/h2-5,8-9,12-16,20H,1,6-7,10-11H2,(H,33,37)(H,34,38)/t20-/m1/s1. The van der Waals surface area contributed by atoms with Crippen molar-refractivity contribution in [3.8, 4) is 11.3 Å². The molecule has 0 spiro atoms. The average Bonchev–Trinajstić information content (AvgIpc) is 3.34. The number of aliphatic imine (C=N–C) groups is 1. The molecule has 1 saturated carbocycles. The van der Waals surface area contributed by atoms with E-state index in [0.29, 0.717) is 50.7 Å². The number of hydrogen-bond acceptors (Lipinski definition) is 6. The Hall–Kier alpha value is -4.70. The summed E-state index contributed by atoms with van der Waals surface area (Å²) in [6.07, 6.45) is 7.62. The third kappa shape index (κ3) is 4.59. The highest BCUT2D eigenvalue weighted by molar-refractivity contribution is 7.21. The van der Waals surface area contributed by atoms with Gasteiger partial charge < -0.3 is 10.6 Å². The third-order valence-electron chi connectivity index (χ3n) is 6.84. The van der Waals surface area contributed by atoms with Gasteiger partial charge in [0.1, 0.15) is 9.71 Å². The van der Waals surface area contributed by atoms with Crippen LogP contribution in [0.1, 0.15) is 35.4 Å². The first-order valence-electron chi connectivity index (χ1n) is 12.6. The molecular weight excluding hydrogens is 512 g/mol. The first-order valence-corrected chi connectivity index (χ1v) is 13.4. The number of nitrogens with one attached hydrogen (secondary N) is 2. The van der Waals surface area contributed by atoms with Crippen LogP contribution in [0.15, 0.2) is 78.6 Å². The molecule has 4 aromatic rings. The first kappa shape index (κ1) is 24.6. The molecule has 1 aliphatic heterocycles. The smallest absolute Gasteiger partial charge is 0.331 e. The Morgan fingerprint density at radius 3 is 2.77 bits per heavy atom. The van der Waals surface area contributed by atoms with Crippen LogP contribution in [-0.2, 0) is 4.79 Å². The van der Waals surface area contributed by atoms with Gasteiger partial charge in [-0.3, -0.25) is 19.5 Å². The molecule has 10 heteroatoms. The Balaban J connectivity index is 1.36. The van der Waals surface area contributed by atoms with E-state index in [2.05, 4.69) is 32.2 Å². The van der Waals surface area contributed by atoms with Crippen molar-refractivity contribution >= 4 is 62.2 Å². The molecule has 0 unspecified atom stereocenters. The van der Waals surface area contributed by atoms with E-state index in [1.54, 1.807) is 29.4 Å². The van der Waals surface area contributed by atoms with Crippen LogP contribution < -0.4 is 15.5 Å². The number of carbonyl (C=O) groups is 3. The van der Waals surface area contributed by atoms with Crippen molar-refractivity contribution in [2.24, 2.45) is 4.99 Å². The lowest BCUT2D eigenvalue weighted by Gasteiger charge is -2.29. The molecule has 1 atom stereocenters. The van der Waals surface area contributed by atoms with Crippen molar-refractivity contribution in [3.63, 3.8) is 0 Å². The normalized spacial score (nSPS) is 17.6. The zero-order chi connectivity index (χ0) is 26.9. The molecule has 0 radical (unpaired) electrons. The molecule has 1 aliphatic carbocycles. The fourth-order valence-corrected chi connectivity index (χ4v) is 6.04. The number of thiophene rings is 1. The van der Waals surface area contributed by atoms with E-state index in [4.69, 9.17) is 0 Å². The summed E-state index contributed by atoms with van der Waals surface area (Å²) in [5.41, 5.74) is 4.04. The van der Waals surface area contributed by atoms with Crippen LogP contribution in [0, 0.1) is 0 Å². The minimum Gasteiger partial charge on any atom is -0.343 e. The number of anilines is 3. The Labute approximate surface area is 228 Å². The van der Waals surface area contributed by atoms with E-state index >= 15 is 0 Å². The second-order valence-corrected chi connectivity index (χ2v) is 10.3. The summed E-state index contributed by atoms with van der Waals surface area (Å²) in [6.45, 7) is 3.48. The van der Waals surface area contributed by atoms with Crippen LogP contribution in [0.5, 0.6) is 0 Å². The Bertz CT molecular complexity index is 1660. The summed E-state index contributed by atoms with van der Waals surface area (Å²) in [6, 6.07) is 14.4. The molecule has 0 bridgehead atoms. The molecule has 0 saturated heterocycles. The van der Waals surface area contributed by atoms with Crippen molar-refractivity contribution in [2.75, 3.05) is 10.2 Å². The quantitative estimate of drug-likeness (QED) is 0.310. The van der Waals surface area contributed by atoms with Crippen LogP contribution in [-0.4, -0.2) is 39.6 Å². The Morgan fingerprint density at radius 1 is 1.13 bits per heavy atom. The molecule has 3 aromatic heterocycles. The van der Waals surface area contributed by atoms with E-state index in [0.717, 1.165) is 30.2 Å². The zero-order valence-electron chi connectivity index (χ0n) is 20.9. The highest BCUT2D eigenvalue weighted by Crippen LogP contribution is 2.46. The first-order chi connectivity index (χ1) is 19.0. The van der Waals surface area contributed by atoms with Crippen molar-refractivity contribution in [3.05, 3.63) is 78.5 Å². The minimum absolute atomic E-state index is 0.339. The summed E-state index contributed by atoms with van der Waals surface area (Å²) in [7, 11) is 0. The molecule has 4 heterocycles. The van der Waals surface area contributed by atoms with Gasteiger partial charge in [-0.15, -0.1) is 11.3 Å². The van der Waals surface area contributed by atoms with Gasteiger partial charge in [-0.05, 0) is 43.5 Å². The van der Waals surface area contributed by atoms with Crippen LogP contribution in [0.3, 0.4) is 0 Å². The highest BCUT2D eigenvalue weighted by Gasteiger charge is 2.34. The molecule has 2 N–H and O–H groups in total. The minimum atomic E-state index is -0.421. The van der Waals surface area contributed by atoms with E-state index in [1.807, 2.05) is 36.4 Å². The summed E-state index contributed by atoms with van der Waals surface area (Å²) in [5, 5.41) is 6.66. The van der Waals surface area contributed by atoms with Crippen LogP contribution in [0.25, 0.3) is 21.5 Å². The summed E-state index contributed by atoms with van der Waals surface area (Å²) >= 11 is 1.22. The molecular formula is C29H24N6O3S. The molecule has 9 nitrogen and oxygen atoms in total. The zero-order valence-corrected chi connectivity index (χ0v) is 21.7. The monoisotopic (exact) mass is 536 g/mol. The second-order valence-electron chi connectivity index (χ2n) is 9.26. The van der Waals surface area contributed by atoms with Gasteiger partial charge in [0.05, 0.1) is 34.2 Å². The average molecular weight is 537 g/mol. The predicted molar refractivity (Wildman–Crippen MR) is 153 cm³/mol. The predicted octanol–water partition coefficient (Wildman–Crippen LogP) is 5.87. The number of pyridine rings is 2. The van der Waals surface area contributed by atoms with Crippen molar-refractivity contribution in [2.45, 2.75) is 31.7 Å². The summed E-state index contributed by atoms with van der Waals surface area (Å²) in [4.78, 5) is 54.5. The molecule has 39 heavy (non-hydrogen) atoms. The lowest BCUT2D eigenvalue weighted by molar-refractivity contribution is -0.113. The summed E-state index contributed by atoms with van der Waals surface area (Å²) in [5.74, 6) is -0.760. The highest BCUT2D eigenvalue weighted by atomic mass is 32.1. The van der Waals surface area contributed by atoms with Gasteiger partial charge in [-0.1, -0.05) is 43.3 Å². The Kier molecular flexibility index (Phi) is 6.45. The number of urea groups is 1. The molecule has 194 valence electrons. The SMILES string of the molecule is C=CC(=O)N=C1CCCC[C@H]1NC(=O)c1sc2nccc3c2c1NC(=O)N3c1ccnc(-c2ccccc2)c1. The molecule has 6 rings (SSSR count). The van der Waals surface area contributed by atoms with Crippen LogP contribution in [0.2, 0.25) is 0 Å². The number of amides is 4. The fourth-order valence-electron chi connectivity index (χ4n) is 5.02. The largest absolute Gasteiger partial charge is 0.343 e. The molecule has 1 fully saturated rings.